The van der Waals surface area contributed by atoms with Crippen LogP contribution < -0.4 is 10.7 Å². The predicted octanol–water partition coefficient (Wildman–Crippen LogP) is 3.61. The molecule has 0 unspecified atom stereocenters. The van der Waals surface area contributed by atoms with Gasteiger partial charge < -0.3 is 5.32 Å². The summed E-state index contributed by atoms with van der Waals surface area (Å²) in [5.74, 6) is -2.21. The van der Waals surface area contributed by atoms with Gasteiger partial charge in [0.15, 0.2) is 0 Å². The summed E-state index contributed by atoms with van der Waals surface area (Å²) >= 11 is 0. The molecule has 0 bridgehead atoms. The number of carbonyl (C=O) groups excluding carboxylic acids is 2. The zero-order chi connectivity index (χ0) is 18.4. The van der Waals surface area contributed by atoms with Gasteiger partial charge in [-0.3, -0.25) is 9.59 Å². The second kappa shape index (κ2) is 8.13. The summed E-state index contributed by atoms with van der Waals surface area (Å²) in [5.41, 5.74) is 3.47. The smallest absolute Gasteiger partial charge is 0.318 e. The third kappa shape index (κ3) is 5.58. The maximum Gasteiger partial charge on any atom is 0.471 e. The molecule has 2 amide bonds. The lowest BCUT2D eigenvalue weighted by atomic mass is 9.89. The molecular weight excluding hydrogens is 335 g/mol. The molecule has 136 valence electrons. The molecule has 1 fully saturated rings. The molecule has 25 heavy (non-hydrogen) atoms. The molecule has 1 aliphatic carbocycles. The average molecular weight is 355 g/mol. The number of nitrogens with zero attached hydrogens (tertiary/aromatic N) is 1. The Hall–Kier alpha value is -2.38. The van der Waals surface area contributed by atoms with E-state index < -0.39 is 12.1 Å². The van der Waals surface area contributed by atoms with Crippen LogP contribution in [0.25, 0.3) is 0 Å². The fraction of sp³-hybridized carbons (Fsp3) is 0.471. The molecule has 0 heterocycles. The Labute approximate surface area is 143 Å². The fourth-order valence-electron chi connectivity index (χ4n) is 2.68. The van der Waals surface area contributed by atoms with Crippen LogP contribution in [-0.2, 0) is 9.59 Å². The molecule has 0 atom stereocenters. The van der Waals surface area contributed by atoms with E-state index in [1.807, 2.05) is 0 Å². The van der Waals surface area contributed by atoms with Crippen LogP contribution in [0.1, 0.15) is 44.6 Å². The first-order chi connectivity index (χ1) is 11.8. The second-order valence-corrected chi connectivity index (χ2v) is 6.04. The predicted molar refractivity (Wildman–Crippen MR) is 88.1 cm³/mol. The first kappa shape index (κ1) is 19.0. The summed E-state index contributed by atoms with van der Waals surface area (Å²) in [6.07, 6.45) is -0.0577. The largest absolute Gasteiger partial charge is 0.471 e. The number of hydrazone groups is 1. The highest BCUT2D eigenvalue weighted by molar-refractivity contribution is 6.01. The van der Waals surface area contributed by atoms with Crippen molar-refractivity contribution >= 4 is 23.2 Å². The van der Waals surface area contributed by atoms with Gasteiger partial charge in [0.1, 0.15) is 0 Å². The van der Waals surface area contributed by atoms with Crippen molar-refractivity contribution in [1.82, 2.24) is 5.43 Å². The number of amides is 2. The highest BCUT2D eigenvalue weighted by Gasteiger charge is 2.38. The highest BCUT2D eigenvalue weighted by Crippen LogP contribution is 2.23. The SMILES string of the molecule is C/C(=N\NC(=O)C1CCCCC1)c1cccc(NC(=O)C(F)(F)F)c1. The molecule has 0 aliphatic heterocycles. The van der Waals surface area contributed by atoms with E-state index in [9.17, 15) is 22.8 Å². The lowest BCUT2D eigenvalue weighted by molar-refractivity contribution is -0.167. The summed E-state index contributed by atoms with van der Waals surface area (Å²) in [7, 11) is 0. The van der Waals surface area contributed by atoms with Crippen molar-refractivity contribution in [2.24, 2.45) is 11.0 Å². The van der Waals surface area contributed by atoms with E-state index in [2.05, 4.69) is 10.5 Å². The number of carbonyl (C=O) groups is 2. The zero-order valence-corrected chi connectivity index (χ0v) is 13.8. The van der Waals surface area contributed by atoms with Crippen LogP contribution in [0.2, 0.25) is 0 Å². The standard InChI is InChI=1S/C17H20F3N3O2/c1-11(22-23-15(24)12-6-3-2-4-7-12)13-8-5-9-14(10-13)21-16(25)17(18,19)20/h5,8-10,12H,2-4,6-7H2,1H3,(H,21,25)(H,23,24)/b22-11+. The quantitative estimate of drug-likeness (QED) is 0.640. The van der Waals surface area contributed by atoms with Crippen LogP contribution in [0.4, 0.5) is 18.9 Å². The minimum Gasteiger partial charge on any atom is -0.318 e. The van der Waals surface area contributed by atoms with Crippen molar-refractivity contribution in [2.45, 2.75) is 45.2 Å². The molecule has 1 aromatic carbocycles. The summed E-state index contributed by atoms with van der Waals surface area (Å²) in [4.78, 5) is 23.0. The molecule has 2 N–H and O–H groups in total. The molecule has 1 saturated carbocycles. The zero-order valence-electron chi connectivity index (χ0n) is 13.8. The number of hydrogen-bond donors (Lipinski definition) is 2. The topological polar surface area (TPSA) is 70.6 Å². The Morgan fingerprint density at radius 1 is 1.16 bits per heavy atom. The Morgan fingerprint density at radius 3 is 2.48 bits per heavy atom. The van der Waals surface area contributed by atoms with Crippen molar-refractivity contribution < 1.29 is 22.8 Å². The maximum absolute atomic E-state index is 12.3. The van der Waals surface area contributed by atoms with E-state index in [0.29, 0.717) is 11.3 Å². The number of benzene rings is 1. The molecular formula is C17H20F3N3O2. The summed E-state index contributed by atoms with van der Waals surface area (Å²) < 4.78 is 36.9. The molecule has 1 aliphatic rings. The van der Waals surface area contributed by atoms with Gasteiger partial charge >= 0.3 is 12.1 Å². The van der Waals surface area contributed by atoms with Crippen LogP contribution in [-0.4, -0.2) is 23.7 Å². The van der Waals surface area contributed by atoms with E-state index in [1.54, 1.807) is 18.3 Å². The van der Waals surface area contributed by atoms with E-state index in [0.717, 1.165) is 32.1 Å². The lowest BCUT2D eigenvalue weighted by Gasteiger charge is -2.19. The van der Waals surface area contributed by atoms with E-state index in [-0.39, 0.29) is 17.5 Å². The van der Waals surface area contributed by atoms with Gasteiger partial charge in [-0.05, 0) is 37.5 Å². The molecule has 0 saturated heterocycles. The second-order valence-electron chi connectivity index (χ2n) is 6.04. The van der Waals surface area contributed by atoms with Gasteiger partial charge in [-0.1, -0.05) is 31.4 Å². The van der Waals surface area contributed by atoms with Gasteiger partial charge in [0.2, 0.25) is 5.91 Å². The van der Waals surface area contributed by atoms with Gasteiger partial charge in [-0.2, -0.15) is 18.3 Å². The number of hydrogen-bond acceptors (Lipinski definition) is 3. The van der Waals surface area contributed by atoms with E-state index >= 15 is 0 Å². The molecule has 1 aromatic rings. The van der Waals surface area contributed by atoms with Crippen molar-refractivity contribution in [3.8, 4) is 0 Å². The van der Waals surface area contributed by atoms with Crippen molar-refractivity contribution in [3.05, 3.63) is 29.8 Å². The number of halogens is 3. The Kier molecular flexibility index (Phi) is 6.17. The first-order valence-electron chi connectivity index (χ1n) is 8.10. The number of anilines is 1. The minimum atomic E-state index is -4.95. The highest BCUT2D eigenvalue weighted by atomic mass is 19.4. The van der Waals surface area contributed by atoms with Gasteiger partial charge in [-0.15, -0.1) is 0 Å². The average Bonchev–Trinajstić information content (AvgIpc) is 2.59. The molecule has 2 rings (SSSR count). The number of nitrogens with one attached hydrogen (secondary N) is 2. The Balaban J connectivity index is 2.01. The summed E-state index contributed by atoms with van der Waals surface area (Å²) in [6, 6.07) is 5.86. The summed E-state index contributed by atoms with van der Waals surface area (Å²) in [5, 5.41) is 5.81. The fourth-order valence-corrected chi connectivity index (χ4v) is 2.68. The summed E-state index contributed by atoms with van der Waals surface area (Å²) in [6.45, 7) is 1.63. The van der Waals surface area contributed by atoms with Gasteiger partial charge in [-0.25, -0.2) is 5.43 Å². The van der Waals surface area contributed by atoms with Crippen LogP contribution in [0.5, 0.6) is 0 Å². The number of rotatable bonds is 4. The minimum absolute atomic E-state index is 0.00739. The Morgan fingerprint density at radius 2 is 1.84 bits per heavy atom. The molecule has 8 heteroatoms. The molecule has 0 spiro atoms. The number of alkyl halides is 3. The van der Waals surface area contributed by atoms with Crippen molar-refractivity contribution in [2.75, 3.05) is 5.32 Å². The monoisotopic (exact) mass is 355 g/mol. The molecule has 5 nitrogen and oxygen atoms in total. The third-order valence-corrected chi connectivity index (χ3v) is 4.11. The molecule has 0 radical (unpaired) electrons. The van der Waals surface area contributed by atoms with Crippen LogP contribution >= 0.6 is 0 Å². The van der Waals surface area contributed by atoms with Gasteiger partial charge in [0, 0.05) is 11.6 Å². The first-order valence-corrected chi connectivity index (χ1v) is 8.10. The van der Waals surface area contributed by atoms with Crippen molar-refractivity contribution in [1.29, 1.82) is 0 Å². The van der Waals surface area contributed by atoms with Crippen LogP contribution in [0.15, 0.2) is 29.4 Å². The molecule has 0 aromatic heterocycles. The Bertz CT molecular complexity index is 665. The van der Waals surface area contributed by atoms with Gasteiger partial charge in [0.25, 0.3) is 0 Å². The van der Waals surface area contributed by atoms with Crippen LogP contribution in [0.3, 0.4) is 0 Å². The normalized spacial score (nSPS) is 16.4. The van der Waals surface area contributed by atoms with E-state index in [4.69, 9.17) is 0 Å². The van der Waals surface area contributed by atoms with Gasteiger partial charge in [0.05, 0.1) is 5.71 Å². The maximum atomic E-state index is 12.3. The van der Waals surface area contributed by atoms with Crippen molar-refractivity contribution in [3.63, 3.8) is 0 Å². The third-order valence-electron chi connectivity index (χ3n) is 4.11. The van der Waals surface area contributed by atoms with E-state index in [1.165, 1.54) is 18.2 Å². The lowest BCUT2D eigenvalue weighted by Crippen LogP contribution is -2.30. The van der Waals surface area contributed by atoms with Crippen LogP contribution in [0, 0.1) is 5.92 Å².